The van der Waals surface area contributed by atoms with E-state index in [1.807, 2.05) is 12.1 Å². The van der Waals surface area contributed by atoms with E-state index in [0.29, 0.717) is 29.5 Å². The van der Waals surface area contributed by atoms with Crippen LogP contribution < -0.4 is 20.6 Å². The van der Waals surface area contributed by atoms with E-state index in [-0.39, 0.29) is 5.41 Å². The number of nitrogens with one attached hydrogen (secondary N) is 1. The molecule has 0 atom stereocenters. The first kappa shape index (κ1) is 20.6. The van der Waals surface area contributed by atoms with E-state index in [1.165, 1.54) is 11.8 Å². The van der Waals surface area contributed by atoms with Crippen molar-refractivity contribution in [2.75, 3.05) is 13.2 Å². The monoisotopic (exact) mass is 389 g/mol. The fourth-order valence-corrected chi connectivity index (χ4v) is 2.46. The minimum absolute atomic E-state index is 0.109. The molecule has 3 N–H and O–H groups in total. The molecule has 2 amide bonds. The topological polar surface area (TPSA) is 85.9 Å². The van der Waals surface area contributed by atoms with Gasteiger partial charge in [0.1, 0.15) is 24.7 Å². The van der Waals surface area contributed by atoms with Crippen molar-refractivity contribution in [3.63, 3.8) is 0 Å². The molecule has 0 aliphatic carbocycles. The van der Waals surface area contributed by atoms with Crippen LogP contribution in [0.1, 0.15) is 31.9 Å². The second kappa shape index (κ2) is 9.28. The van der Waals surface area contributed by atoms with E-state index in [2.05, 4.69) is 43.4 Å². The Morgan fingerprint density at radius 3 is 2.44 bits per heavy atom. The van der Waals surface area contributed by atoms with Gasteiger partial charge in [-0.05, 0) is 41.3 Å². The first-order chi connectivity index (χ1) is 12.8. The number of carbonyl (C=O) groups excluding carboxylic acids is 1. The van der Waals surface area contributed by atoms with E-state index in [0.717, 1.165) is 5.75 Å². The summed E-state index contributed by atoms with van der Waals surface area (Å²) in [6, 6.07) is 12.4. The summed E-state index contributed by atoms with van der Waals surface area (Å²) in [7, 11) is 0. The van der Waals surface area contributed by atoms with Crippen LogP contribution in [-0.4, -0.2) is 25.5 Å². The summed E-state index contributed by atoms with van der Waals surface area (Å²) < 4.78 is 11.4. The van der Waals surface area contributed by atoms with E-state index in [4.69, 9.17) is 26.8 Å². The van der Waals surface area contributed by atoms with Gasteiger partial charge in [-0.1, -0.05) is 44.5 Å². The molecule has 6 nitrogen and oxygen atoms in total. The van der Waals surface area contributed by atoms with E-state index in [1.54, 1.807) is 18.2 Å². The second-order valence-electron chi connectivity index (χ2n) is 6.89. The highest BCUT2D eigenvalue weighted by Crippen LogP contribution is 2.24. The van der Waals surface area contributed by atoms with Crippen LogP contribution >= 0.6 is 11.6 Å². The first-order valence-electron chi connectivity index (χ1n) is 8.50. The summed E-state index contributed by atoms with van der Waals surface area (Å²) in [4.78, 5) is 10.7. The maximum absolute atomic E-state index is 10.7. The largest absolute Gasteiger partial charge is 0.490 e. The molecule has 0 fully saturated rings. The number of benzene rings is 2. The van der Waals surface area contributed by atoms with Gasteiger partial charge in [-0.2, -0.15) is 5.10 Å². The Bertz CT molecular complexity index is 799. The summed E-state index contributed by atoms with van der Waals surface area (Å²) in [6.45, 7) is 7.23. The molecule has 0 aliphatic rings. The van der Waals surface area contributed by atoms with Gasteiger partial charge in [-0.15, -0.1) is 0 Å². The number of nitrogens with two attached hydrogens (primary N) is 1. The number of hydrazone groups is 1. The highest BCUT2D eigenvalue weighted by molar-refractivity contribution is 6.30. The minimum Gasteiger partial charge on any atom is -0.490 e. The van der Waals surface area contributed by atoms with Gasteiger partial charge in [-0.25, -0.2) is 10.2 Å². The number of nitrogens with zero attached hydrogens (tertiary/aromatic N) is 1. The summed E-state index contributed by atoms with van der Waals surface area (Å²) in [6.07, 6.45) is 1.41. The van der Waals surface area contributed by atoms with Gasteiger partial charge in [-0.3, -0.25) is 0 Å². The van der Waals surface area contributed by atoms with Gasteiger partial charge in [0, 0.05) is 10.6 Å². The lowest BCUT2D eigenvalue weighted by atomic mass is 9.87. The van der Waals surface area contributed by atoms with Gasteiger partial charge >= 0.3 is 6.03 Å². The third kappa shape index (κ3) is 6.83. The Kier molecular flexibility index (Phi) is 7.07. The summed E-state index contributed by atoms with van der Waals surface area (Å²) in [5, 5.41) is 4.25. The molecule has 2 rings (SSSR count). The van der Waals surface area contributed by atoms with Crippen LogP contribution in [0.4, 0.5) is 4.79 Å². The van der Waals surface area contributed by atoms with E-state index >= 15 is 0 Å². The van der Waals surface area contributed by atoms with Crippen LogP contribution in [0.3, 0.4) is 0 Å². The van der Waals surface area contributed by atoms with Crippen molar-refractivity contribution < 1.29 is 14.3 Å². The SMILES string of the molecule is CC(C)(C)c1ccc(OCCOc2ccc(Cl)cc2C=NNC(N)=O)cc1. The van der Waals surface area contributed by atoms with Gasteiger partial charge in [0.25, 0.3) is 0 Å². The molecule has 0 unspecified atom stereocenters. The molecule has 2 aromatic rings. The normalized spacial score (nSPS) is 11.4. The minimum atomic E-state index is -0.748. The number of hydrogen-bond donors (Lipinski definition) is 2. The lowest BCUT2D eigenvalue weighted by molar-refractivity contribution is 0.217. The maximum atomic E-state index is 10.7. The fourth-order valence-electron chi connectivity index (χ4n) is 2.28. The van der Waals surface area contributed by atoms with Crippen molar-refractivity contribution >= 4 is 23.8 Å². The zero-order valence-corrected chi connectivity index (χ0v) is 16.4. The molecule has 2 aromatic carbocycles. The van der Waals surface area contributed by atoms with Crippen molar-refractivity contribution in [2.45, 2.75) is 26.2 Å². The Morgan fingerprint density at radius 2 is 1.81 bits per heavy atom. The summed E-state index contributed by atoms with van der Waals surface area (Å²) >= 11 is 5.99. The number of halogens is 1. The first-order valence-corrected chi connectivity index (χ1v) is 8.88. The lowest BCUT2D eigenvalue weighted by Crippen LogP contribution is -2.24. The Morgan fingerprint density at radius 1 is 1.15 bits per heavy atom. The molecular formula is C20H24ClN3O3. The quantitative estimate of drug-likeness (QED) is 0.424. The molecule has 27 heavy (non-hydrogen) atoms. The number of ether oxygens (including phenoxy) is 2. The molecule has 0 radical (unpaired) electrons. The summed E-state index contributed by atoms with van der Waals surface area (Å²) in [5.41, 5.74) is 9.08. The Balaban J connectivity index is 1.89. The van der Waals surface area contributed by atoms with Gasteiger partial charge in [0.15, 0.2) is 0 Å². The van der Waals surface area contributed by atoms with Crippen LogP contribution in [0, 0.1) is 0 Å². The number of primary amides is 1. The smallest absolute Gasteiger partial charge is 0.332 e. The predicted octanol–water partition coefficient (Wildman–Crippen LogP) is 4.10. The van der Waals surface area contributed by atoms with Crippen LogP contribution in [0.25, 0.3) is 0 Å². The molecule has 0 saturated carbocycles. The van der Waals surface area contributed by atoms with Crippen LogP contribution in [0.5, 0.6) is 11.5 Å². The zero-order valence-electron chi connectivity index (χ0n) is 15.7. The number of hydrogen-bond acceptors (Lipinski definition) is 4. The molecule has 0 saturated heterocycles. The molecule has 0 aromatic heterocycles. The third-order valence-electron chi connectivity index (χ3n) is 3.68. The highest BCUT2D eigenvalue weighted by Gasteiger charge is 2.13. The zero-order chi connectivity index (χ0) is 19.9. The lowest BCUT2D eigenvalue weighted by Gasteiger charge is -2.19. The van der Waals surface area contributed by atoms with E-state index < -0.39 is 6.03 Å². The molecule has 0 heterocycles. The van der Waals surface area contributed by atoms with Crippen molar-refractivity contribution in [1.29, 1.82) is 0 Å². The molecule has 7 heteroatoms. The molecule has 144 valence electrons. The number of urea groups is 1. The van der Waals surface area contributed by atoms with Gasteiger partial charge < -0.3 is 15.2 Å². The molecule has 0 spiro atoms. The molecule has 0 aliphatic heterocycles. The van der Waals surface area contributed by atoms with Crippen LogP contribution in [-0.2, 0) is 5.41 Å². The number of rotatable bonds is 7. The highest BCUT2D eigenvalue weighted by atomic mass is 35.5. The number of carbonyl (C=O) groups is 1. The third-order valence-corrected chi connectivity index (χ3v) is 3.92. The van der Waals surface area contributed by atoms with Crippen LogP contribution in [0.15, 0.2) is 47.6 Å². The van der Waals surface area contributed by atoms with Crippen molar-refractivity contribution in [2.24, 2.45) is 10.8 Å². The second-order valence-corrected chi connectivity index (χ2v) is 7.32. The average molecular weight is 390 g/mol. The average Bonchev–Trinajstić information content (AvgIpc) is 2.59. The van der Waals surface area contributed by atoms with Crippen molar-refractivity contribution in [1.82, 2.24) is 5.43 Å². The predicted molar refractivity (Wildman–Crippen MR) is 108 cm³/mol. The van der Waals surface area contributed by atoms with E-state index in [9.17, 15) is 4.79 Å². The maximum Gasteiger partial charge on any atom is 0.332 e. The Hall–Kier alpha value is -2.73. The summed E-state index contributed by atoms with van der Waals surface area (Å²) in [5.74, 6) is 1.36. The van der Waals surface area contributed by atoms with Crippen molar-refractivity contribution in [3.8, 4) is 11.5 Å². The number of amides is 2. The van der Waals surface area contributed by atoms with Crippen LogP contribution in [0.2, 0.25) is 5.02 Å². The fraction of sp³-hybridized carbons (Fsp3) is 0.300. The molecular weight excluding hydrogens is 366 g/mol. The van der Waals surface area contributed by atoms with Gasteiger partial charge in [0.2, 0.25) is 0 Å². The van der Waals surface area contributed by atoms with Gasteiger partial charge in [0.05, 0.1) is 6.21 Å². The molecule has 0 bridgehead atoms. The Labute approximate surface area is 164 Å². The standard InChI is InChI=1S/C20H24ClN3O3/c1-20(2,3)15-4-7-17(8-5-15)26-10-11-27-18-9-6-16(21)12-14(18)13-23-24-19(22)25/h4-9,12-13H,10-11H2,1-3H3,(H3,22,24,25). The van der Waals surface area contributed by atoms with Crippen molar-refractivity contribution in [3.05, 3.63) is 58.6 Å².